The Bertz CT molecular complexity index is 1150. The van der Waals surface area contributed by atoms with Gasteiger partial charge in [0.1, 0.15) is 5.75 Å². The third-order valence-corrected chi connectivity index (χ3v) is 4.93. The Morgan fingerprint density at radius 1 is 0.969 bits per heavy atom. The van der Waals surface area contributed by atoms with Crippen LogP contribution < -0.4 is 14.2 Å². The van der Waals surface area contributed by atoms with Crippen molar-refractivity contribution in [1.82, 2.24) is 4.90 Å². The lowest BCUT2D eigenvalue weighted by Crippen LogP contribution is -2.26. The quantitative estimate of drug-likeness (QED) is 0.336. The SMILES string of the molecule is COc1ccccc1CN(C)C(=O)c1ccc(Oc2ccc(Cl)cc2[N+](=O)[O-])c(OC)c1. The average molecular weight is 457 g/mol. The van der Waals surface area contributed by atoms with Gasteiger partial charge in [0.05, 0.1) is 19.1 Å². The van der Waals surface area contributed by atoms with E-state index < -0.39 is 4.92 Å². The van der Waals surface area contributed by atoms with Crippen LogP contribution in [0.15, 0.2) is 60.7 Å². The highest BCUT2D eigenvalue weighted by Crippen LogP contribution is 2.38. The van der Waals surface area contributed by atoms with Gasteiger partial charge in [-0.3, -0.25) is 14.9 Å². The smallest absolute Gasteiger partial charge is 0.313 e. The topological polar surface area (TPSA) is 91.1 Å². The molecule has 0 aromatic heterocycles. The summed E-state index contributed by atoms with van der Waals surface area (Å²) in [6, 6.07) is 16.2. The minimum absolute atomic E-state index is 0.00469. The Hall–Kier alpha value is -3.78. The normalized spacial score (nSPS) is 10.4. The third kappa shape index (κ3) is 5.09. The highest BCUT2D eigenvalue weighted by molar-refractivity contribution is 6.30. The predicted molar refractivity (Wildman–Crippen MR) is 120 cm³/mol. The lowest BCUT2D eigenvalue weighted by atomic mass is 10.1. The molecule has 3 rings (SSSR count). The number of nitro benzene ring substituents is 1. The second kappa shape index (κ2) is 10.0. The summed E-state index contributed by atoms with van der Waals surface area (Å²) in [5.41, 5.74) is 0.960. The number of carbonyl (C=O) groups excluding carboxylic acids is 1. The zero-order valence-corrected chi connectivity index (χ0v) is 18.5. The summed E-state index contributed by atoms with van der Waals surface area (Å²) < 4.78 is 16.4. The number of methoxy groups -OCH3 is 2. The molecule has 3 aromatic rings. The molecule has 0 unspecified atom stereocenters. The molecule has 0 radical (unpaired) electrons. The number of ether oxygens (including phenoxy) is 3. The molecule has 0 fully saturated rings. The lowest BCUT2D eigenvalue weighted by Gasteiger charge is -2.19. The summed E-state index contributed by atoms with van der Waals surface area (Å²) >= 11 is 5.85. The second-order valence-corrected chi connectivity index (χ2v) is 7.25. The Labute approximate surface area is 190 Å². The van der Waals surface area contributed by atoms with Crippen LogP contribution in [-0.4, -0.2) is 37.0 Å². The molecule has 0 saturated carbocycles. The highest BCUT2D eigenvalue weighted by atomic mass is 35.5. The third-order valence-electron chi connectivity index (χ3n) is 4.69. The van der Waals surface area contributed by atoms with Crippen molar-refractivity contribution < 1.29 is 23.9 Å². The molecule has 166 valence electrons. The zero-order valence-electron chi connectivity index (χ0n) is 17.7. The van der Waals surface area contributed by atoms with E-state index >= 15 is 0 Å². The van der Waals surface area contributed by atoms with E-state index in [1.165, 1.54) is 37.4 Å². The first kappa shape index (κ1) is 22.9. The first-order chi connectivity index (χ1) is 15.3. The first-order valence-corrected chi connectivity index (χ1v) is 9.89. The van der Waals surface area contributed by atoms with Crippen molar-refractivity contribution in [3.8, 4) is 23.0 Å². The van der Waals surface area contributed by atoms with E-state index in [9.17, 15) is 14.9 Å². The van der Waals surface area contributed by atoms with Crippen molar-refractivity contribution in [3.05, 3.63) is 86.9 Å². The van der Waals surface area contributed by atoms with Crippen molar-refractivity contribution in [2.24, 2.45) is 0 Å². The molecule has 8 nitrogen and oxygen atoms in total. The van der Waals surface area contributed by atoms with E-state index in [2.05, 4.69) is 0 Å². The number of halogens is 1. The molecule has 32 heavy (non-hydrogen) atoms. The van der Waals surface area contributed by atoms with Crippen molar-refractivity contribution in [2.75, 3.05) is 21.3 Å². The fraction of sp³-hybridized carbons (Fsp3) is 0.174. The molecule has 0 spiro atoms. The average Bonchev–Trinajstić information content (AvgIpc) is 2.80. The van der Waals surface area contributed by atoms with Crippen LogP contribution in [-0.2, 0) is 6.54 Å². The molecule has 0 bridgehead atoms. The van der Waals surface area contributed by atoms with Gasteiger partial charge < -0.3 is 19.1 Å². The minimum Gasteiger partial charge on any atom is -0.496 e. The van der Waals surface area contributed by atoms with Gasteiger partial charge in [-0.1, -0.05) is 29.8 Å². The number of nitrogens with zero attached hydrogens (tertiary/aromatic N) is 2. The van der Waals surface area contributed by atoms with Crippen LogP contribution in [0.3, 0.4) is 0 Å². The molecule has 0 atom stereocenters. The predicted octanol–water partition coefficient (Wildman–Crippen LogP) is 5.33. The largest absolute Gasteiger partial charge is 0.496 e. The highest BCUT2D eigenvalue weighted by Gasteiger charge is 2.20. The van der Waals surface area contributed by atoms with E-state index in [1.54, 1.807) is 25.1 Å². The summed E-state index contributed by atoms with van der Waals surface area (Å²) in [4.78, 5) is 25.2. The Kier molecular flexibility index (Phi) is 7.17. The van der Waals surface area contributed by atoms with Gasteiger partial charge in [0, 0.05) is 35.8 Å². The Morgan fingerprint density at radius 2 is 1.66 bits per heavy atom. The van der Waals surface area contributed by atoms with Crippen molar-refractivity contribution in [1.29, 1.82) is 0 Å². The Morgan fingerprint density at radius 3 is 2.34 bits per heavy atom. The molecule has 1 amide bonds. The van der Waals surface area contributed by atoms with Crippen LogP contribution in [0.25, 0.3) is 0 Å². The fourth-order valence-electron chi connectivity index (χ4n) is 3.10. The summed E-state index contributed by atoms with van der Waals surface area (Å²) in [5, 5.41) is 11.5. The summed E-state index contributed by atoms with van der Waals surface area (Å²) in [6.45, 7) is 0.348. The first-order valence-electron chi connectivity index (χ1n) is 9.51. The number of amides is 1. The second-order valence-electron chi connectivity index (χ2n) is 6.81. The molecule has 0 heterocycles. The van der Waals surface area contributed by atoms with Crippen LogP contribution in [0.5, 0.6) is 23.0 Å². The molecule has 0 saturated heterocycles. The van der Waals surface area contributed by atoms with E-state index in [0.717, 1.165) is 5.56 Å². The van der Waals surface area contributed by atoms with E-state index in [0.29, 0.717) is 17.9 Å². The van der Waals surface area contributed by atoms with Gasteiger partial charge in [0.25, 0.3) is 5.91 Å². The number of nitro groups is 1. The number of para-hydroxylation sites is 1. The van der Waals surface area contributed by atoms with Gasteiger partial charge in [-0.05, 0) is 36.4 Å². The van der Waals surface area contributed by atoms with Crippen LogP contribution in [0, 0.1) is 10.1 Å². The van der Waals surface area contributed by atoms with Gasteiger partial charge in [0.15, 0.2) is 11.5 Å². The number of hydrogen-bond acceptors (Lipinski definition) is 6. The van der Waals surface area contributed by atoms with Crippen molar-refractivity contribution >= 4 is 23.2 Å². The molecule has 3 aromatic carbocycles. The van der Waals surface area contributed by atoms with Gasteiger partial charge in [0.2, 0.25) is 5.75 Å². The number of benzene rings is 3. The van der Waals surface area contributed by atoms with Gasteiger partial charge >= 0.3 is 5.69 Å². The molecule has 0 aliphatic heterocycles. The number of carbonyl (C=O) groups is 1. The van der Waals surface area contributed by atoms with Crippen molar-refractivity contribution in [3.63, 3.8) is 0 Å². The molecule has 0 N–H and O–H groups in total. The fourth-order valence-corrected chi connectivity index (χ4v) is 3.27. The summed E-state index contributed by atoms with van der Waals surface area (Å²) in [6.07, 6.45) is 0. The van der Waals surface area contributed by atoms with Gasteiger partial charge in [-0.25, -0.2) is 0 Å². The molecule has 0 aliphatic rings. The molecule has 9 heteroatoms. The minimum atomic E-state index is -0.585. The lowest BCUT2D eigenvalue weighted by molar-refractivity contribution is -0.385. The van der Waals surface area contributed by atoms with Crippen LogP contribution in [0.2, 0.25) is 5.02 Å². The monoisotopic (exact) mass is 456 g/mol. The van der Waals surface area contributed by atoms with Crippen LogP contribution >= 0.6 is 11.6 Å². The van der Waals surface area contributed by atoms with Gasteiger partial charge in [-0.15, -0.1) is 0 Å². The number of rotatable bonds is 8. The maximum atomic E-state index is 13.0. The zero-order chi connectivity index (χ0) is 23.3. The summed E-state index contributed by atoms with van der Waals surface area (Å²) in [5.74, 6) is 0.939. The number of hydrogen-bond donors (Lipinski definition) is 0. The Balaban J connectivity index is 1.83. The van der Waals surface area contributed by atoms with Crippen molar-refractivity contribution in [2.45, 2.75) is 6.54 Å². The molecular formula is C23H21ClN2O6. The van der Waals surface area contributed by atoms with E-state index in [-0.39, 0.29) is 33.9 Å². The van der Waals surface area contributed by atoms with Gasteiger partial charge in [-0.2, -0.15) is 0 Å². The van der Waals surface area contributed by atoms with Crippen LogP contribution in [0.4, 0.5) is 5.69 Å². The maximum absolute atomic E-state index is 13.0. The van der Waals surface area contributed by atoms with Crippen LogP contribution in [0.1, 0.15) is 15.9 Å². The summed E-state index contributed by atoms with van der Waals surface area (Å²) in [7, 11) is 4.68. The van der Waals surface area contributed by atoms with E-state index in [1.807, 2.05) is 24.3 Å². The standard InChI is InChI=1S/C23H21ClN2O6/c1-25(14-16-6-4-5-7-19(16)30-2)23(27)15-8-10-21(22(12-15)31-3)32-20-11-9-17(24)13-18(20)26(28)29/h4-13H,14H2,1-3H3. The van der Waals surface area contributed by atoms with E-state index in [4.69, 9.17) is 25.8 Å². The molecule has 0 aliphatic carbocycles. The molecular weight excluding hydrogens is 436 g/mol. The maximum Gasteiger partial charge on any atom is 0.313 e.